The molecule has 4 aliphatic carbocycles. The normalized spacial score (nSPS) is 28.0. The highest BCUT2D eigenvalue weighted by molar-refractivity contribution is 6.76. The van der Waals surface area contributed by atoms with E-state index in [1.165, 1.54) is 6.42 Å². The number of hydrogen-bond donors (Lipinski definition) is 1. The highest BCUT2D eigenvalue weighted by Gasteiger charge is 2.65. The van der Waals surface area contributed by atoms with Gasteiger partial charge in [0.2, 0.25) is 0 Å². The second kappa shape index (κ2) is 10.7. The molecule has 0 saturated heterocycles. The van der Waals surface area contributed by atoms with Gasteiger partial charge in [0.1, 0.15) is 18.1 Å². The Labute approximate surface area is 214 Å². The number of aromatic hydroxyl groups is 1. The Morgan fingerprint density at radius 3 is 2.44 bits per heavy atom. The molecule has 0 radical (unpaired) electrons. The molecular weight excluding hydrogens is 476 g/mol. The minimum Gasteiger partial charge on any atom is -0.508 e. The van der Waals surface area contributed by atoms with Crippen LogP contribution >= 0.6 is 0 Å². The summed E-state index contributed by atoms with van der Waals surface area (Å²) in [5.74, 6) is -3.31. The second-order valence-corrected chi connectivity index (χ2v) is 17.6. The Morgan fingerprint density at radius 2 is 1.75 bits per heavy atom. The first kappa shape index (κ1) is 26.9. The zero-order valence-corrected chi connectivity index (χ0v) is 23.0. The molecule has 0 aromatic heterocycles. The number of carbonyl (C=O) groups excluding carboxylic acids is 3. The molecule has 1 N–H and O–H groups in total. The molecule has 1 unspecified atom stereocenters. The van der Waals surface area contributed by atoms with Gasteiger partial charge in [-0.3, -0.25) is 14.4 Å². The molecule has 0 heterocycles. The number of ether oxygens (including phenoxy) is 3. The summed E-state index contributed by atoms with van der Waals surface area (Å²) in [6.45, 7) is 8.95. The quantitative estimate of drug-likeness (QED) is 0.282. The smallest absolute Gasteiger partial charge is 0.313 e. The van der Waals surface area contributed by atoms with E-state index >= 15 is 0 Å². The van der Waals surface area contributed by atoms with Crippen molar-refractivity contribution in [3.05, 3.63) is 29.3 Å². The third kappa shape index (κ3) is 5.39. The first-order chi connectivity index (χ1) is 17.0. The standard InChI is InChI=1S/C28H40O7Si/c1-28(27(32)35-13-12-33-19-8-6-5-7-9-19)24-21-16-18(29)10-11-20(21)22(17-23(24)30)25(28)26(31)34-14-15-36(2,3)4/h10-11,16,19,22,24-25,29H,5-9,12-15,17H2,1-4H3/t22?,24-,25+,28+/m1/s1. The van der Waals surface area contributed by atoms with Gasteiger partial charge in [-0.05, 0) is 49.1 Å². The molecule has 2 fully saturated rings. The van der Waals surface area contributed by atoms with Gasteiger partial charge in [-0.25, -0.2) is 0 Å². The number of phenols is 1. The molecular formula is C28H40O7Si. The van der Waals surface area contributed by atoms with Crippen molar-refractivity contribution in [1.82, 2.24) is 0 Å². The lowest BCUT2D eigenvalue weighted by molar-refractivity contribution is -0.179. The maximum atomic E-state index is 13.7. The van der Waals surface area contributed by atoms with Crippen LogP contribution in [0.3, 0.4) is 0 Å². The average molecular weight is 517 g/mol. The van der Waals surface area contributed by atoms with Crippen molar-refractivity contribution in [2.45, 2.75) is 89.1 Å². The summed E-state index contributed by atoms with van der Waals surface area (Å²) in [5, 5.41) is 10.1. The second-order valence-electron chi connectivity index (χ2n) is 12.0. The predicted octanol–water partition coefficient (Wildman–Crippen LogP) is 4.94. The molecule has 0 amide bonds. The lowest BCUT2D eigenvalue weighted by atomic mass is 9.48. The van der Waals surface area contributed by atoms with Crippen LogP contribution < -0.4 is 0 Å². The fraction of sp³-hybridized carbons (Fsp3) is 0.679. The summed E-state index contributed by atoms with van der Waals surface area (Å²) in [6, 6.07) is 5.70. The van der Waals surface area contributed by atoms with Gasteiger partial charge in [0.15, 0.2) is 0 Å². The predicted molar refractivity (Wildman–Crippen MR) is 138 cm³/mol. The summed E-state index contributed by atoms with van der Waals surface area (Å²) in [5.41, 5.74) is 0.0257. The maximum absolute atomic E-state index is 13.7. The van der Waals surface area contributed by atoms with E-state index in [9.17, 15) is 19.5 Å². The van der Waals surface area contributed by atoms with E-state index in [2.05, 4.69) is 19.6 Å². The van der Waals surface area contributed by atoms with Crippen LogP contribution in [0.2, 0.25) is 25.7 Å². The van der Waals surface area contributed by atoms with Crippen molar-refractivity contribution in [1.29, 1.82) is 0 Å². The van der Waals surface area contributed by atoms with Crippen LogP contribution in [0, 0.1) is 11.3 Å². The molecule has 198 valence electrons. The van der Waals surface area contributed by atoms with Crippen LogP contribution in [0.25, 0.3) is 0 Å². The summed E-state index contributed by atoms with van der Waals surface area (Å²) >= 11 is 0. The number of carbonyl (C=O) groups is 3. The van der Waals surface area contributed by atoms with Crippen LogP contribution in [0.15, 0.2) is 18.2 Å². The van der Waals surface area contributed by atoms with Crippen LogP contribution in [-0.2, 0) is 28.6 Å². The van der Waals surface area contributed by atoms with Crippen LogP contribution in [0.5, 0.6) is 5.75 Å². The van der Waals surface area contributed by atoms with Gasteiger partial charge in [0, 0.05) is 20.4 Å². The van der Waals surface area contributed by atoms with E-state index in [0.29, 0.717) is 12.2 Å². The number of rotatable bonds is 9. The molecule has 4 atom stereocenters. The van der Waals surface area contributed by atoms with E-state index < -0.39 is 43.2 Å². The molecule has 0 aliphatic heterocycles. The molecule has 36 heavy (non-hydrogen) atoms. The first-order valence-corrected chi connectivity index (χ1v) is 17.0. The van der Waals surface area contributed by atoms with Crippen LogP contribution in [0.4, 0.5) is 0 Å². The summed E-state index contributed by atoms with van der Waals surface area (Å²) in [4.78, 5) is 40.4. The molecule has 2 bridgehead atoms. The Morgan fingerprint density at radius 1 is 1.03 bits per heavy atom. The topological polar surface area (TPSA) is 99.1 Å². The van der Waals surface area contributed by atoms with Crippen molar-refractivity contribution in [2.75, 3.05) is 19.8 Å². The largest absolute Gasteiger partial charge is 0.508 e. The van der Waals surface area contributed by atoms with Gasteiger partial charge in [0.05, 0.1) is 36.6 Å². The summed E-state index contributed by atoms with van der Waals surface area (Å²) in [6.07, 6.45) is 5.96. The molecule has 7 nitrogen and oxygen atoms in total. The number of fused-ring (bicyclic) bond motifs is 2. The third-order valence-corrected chi connectivity index (χ3v) is 9.89. The van der Waals surface area contributed by atoms with Crippen molar-refractivity contribution < 1.29 is 33.7 Å². The molecule has 5 rings (SSSR count). The molecule has 0 spiro atoms. The highest BCUT2D eigenvalue weighted by Crippen LogP contribution is 2.61. The lowest BCUT2D eigenvalue weighted by Gasteiger charge is -2.52. The van der Waals surface area contributed by atoms with E-state index in [-0.39, 0.29) is 37.3 Å². The van der Waals surface area contributed by atoms with E-state index in [4.69, 9.17) is 14.2 Å². The molecule has 1 aromatic carbocycles. The highest BCUT2D eigenvalue weighted by atomic mass is 28.3. The molecule has 4 aliphatic rings. The SMILES string of the molecule is C[C@@]1(C(=O)OCCOC2CCCCC2)[C@H](C(=O)OCC[Si](C)(C)C)C2CC(=O)[C@H]1c1cc(O)ccc12. The summed E-state index contributed by atoms with van der Waals surface area (Å²) < 4.78 is 17.3. The fourth-order valence-corrected chi connectivity index (χ4v) is 6.97. The Kier molecular flexibility index (Phi) is 7.95. The van der Waals surface area contributed by atoms with Crippen LogP contribution in [0.1, 0.15) is 68.4 Å². The maximum Gasteiger partial charge on any atom is 0.313 e. The number of ketones is 1. The lowest BCUT2D eigenvalue weighted by Crippen LogP contribution is -2.57. The van der Waals surface area contributed by atoms with Crippen molar-refractivity contribution in [3.63, 3.8) is 0 Å². The van der Waals surface area contributed by atoms with Gasteiger partial charge in [0.25, 0.3) is 0 Å². The van der Waals surface area contributed by atoms with Gasteiger partial charge in [-0.15, -0.1) is 0 Å². The van der Waals surface area contributed by atoms with Crippen molar-refractivity contribution in [2.24, 2.45) is 11.3 Å². The minimum absolute atomic E-state index is 0.0277. The number of phenolic OH excluding ortho intramolecular Hbond substituents is 1. The molecule has 2 saturated carbocycles. The number of benzene rings is 1. The Hall–Kier alpha value is -2.19. The Balaban J connectivity index is 1.55. The fourth-order valence-electron chi connectivity index (χ4n) is 6.26. The van der Waals surface area contributed by atoms with Gasteiger partial charge in [-0.1, -0.05) is 45.0 Å². The average Bonchev–Trinajstić information content (AvgIpc) is 2.81. The first-order valence-electron chi connectivity index (χ1n) is 13.3. The number of esters is 2. The Bertz CT molecular complexity index is 994. The van der Waals surface area contributed by atoms with Crippen molar-refractivity contribution >= 4 is 25.8 Å². The third-order valence-electron chi connectivity index (χ3n) is 8.18. The monoisotopic (exact) mass is 516 g/mol. The van der Waals surface area contributed by atoms with Crippen LogP contribution in [-0.4, -0.2) is 56.8 Å². The van der Waals surface area contributed by atoms with Crippen molar-refractivity contribution in [3.8, 4) is 5.75 Å². The summed E-state index contributed by atoms with van der Waals surface area (Å²) in [7, 11) is -1.42. The van der Waals surface area contributed by atoms with E-state index in [1.54, 1.807) is 25.1 Å². The van der Waals surface area contributed by atoms with Gasteiger partial charge in [-0.2, -0.15) is 0 Å². The minimum atomic E-state index is -1.42. The number of Topliss-reactive ketones (excluding diaryl/α,β-unsaturated/α-hetero) is 1. The zero-order chi connectivity index (χ0) is 26.1. The van der Waals surface area contributed by atoms with E-state index in [1.807, 2.05) is 0 Å². The van der Waals surface area contributed by atoms with E-state index in [0.717, 1.165) is 37.3 Å². The molecule has 1 aromatic rings. The number of hydrogen-bond acceptors (Lipinski definition) is 7. The zero-order valence-electron chi connectivity index (χ0n) is 22.0. The molecule has 8 heteroatoms. The van der Waals surface area contributed by atoms with Gasteiger partial charge < -0.3 is 19.3 Å². The van der Waals surface area contributed by atoms with Gasteiger partial charge >= 0.3 is 11.9 Å².